The number of aryl methyl sites for hydroxylation is 1. The molecule has 0 saturated heterocycles. The van der Waals surface area contributed by atoms with Gasteiger partial charge in [0.25, 0.3) is 0 Å². The first-order valence-electron chi connectivity index (χ1n) is 6.22. The van der Waals surface area contributed by atoms with Crippen LogP contribution in [0.1, 0.15) is 19.7 Å². The Bertz CT molecular complexity index is 580. The number of alkyl halides is 1. The fraction of sp³-hybridized carbons (Fsp3) is 0.500. The molecule has 0 aliphatic rings. The summed E-state index contributed by atoms with van der Waals surface area (Å²) in [6.45, 7) is 5.48. The average Bonchev–Trinajstić information content (AvgIpc) is 2.67. The maximum atomic E-state index is 5.91. The highest BCUT2D eigenvalue weighted by molar-refractivity contribution is 14.1. The molecule has 2 rings (SSSR count). The van der Waals surface area contributed by atoms with Gasteiger partial charge in [0.05, 0.1) is 11.0 Å². The van der Waals surface area contributed by atoms with Gasteiger partial charge in [-0.1, -0.05) is 0 Å². The zero-order valence-electron chi connectivity index (χ0n) is 11.4. The van der Waals surface area contributed by atoms with Crippen molar-refractivity contribution >= 4 is 57.0 Å². The van der Waals surface area contributed by atoms with E-state index in [-0.39, 0.29) is 4.75 Å². The van der Waals surface area contributed by atoms with Crippen LogP contribution in [-0.2, 0) is 13.0 Å². The van der Waals surface area contributed by atoms with Crippen LogP contribution in [0.3, 0.4) is 0 Å². The van der Waals surface area contributed by atoms with Crippen molar-refractivity contribution in [3.63, 3.8) is 0 Å². The average molecular weight is 409 g/mol. The number of hydrogen-bond donors (Lipinski definition) is 0. The quantitative estimate of drug-likeness (QED) is 0.533. The summed E-state index contributed by atoms with van der Waals surface area (Å²) in [4.78, 5) is 4.75. The van der Waals surface area contributed by atoms with E-state index in [0.717, 1.165) is 24.3 Å². The molecule has 0 N–H and O–H groups in total. The molecular formula is C14H18ClIN2S. The van der Waals surface area contributed by atoms with Gasteiger partial charge in [0, 0.05) is 27.2 Å². The summed E-state index contributed by atoms with van der Waals surface area (Å²) in [5.74, 6) is 1.70. The van der Waals surface area contributed by atoms with Crippen LogP contribution in [0.25, 0.3) is 11.0 Å². The lowest BCUT2D eigenvalue weighted by molar-refractivity contribution is 0.561. The number of rotatable bonds is 5. The number of fused-ring (bicyclic) bond motifs is 1. The molecular weight excluding hydrogens is 391 g/mol. The zero-order chi connectivity index (χ0) is 14.0. The smallest absolute Gasteiger partial charge is 0.111 e. The molecule has 0 spiro atoms. The predicted molar refractivity (Wildman–Crippen MR) is 94.5 cm³/mol. The van der Waals surface area contributed by atoms with E-state index < -0.39 is 0 Å². The second-order valence-electron chi connectivity index (χ2n) is 5.15. The van der Waals surface area contributed by atoms with Gasteiger partial charge in [-0.3, -0.25) is 0 Å². The molecule has 0 atom stereocenters. The van der Waals surface area contributed by atoms with Crippen molar-refractivity contribution in [2.75, 3.05) is 12.1 Å². The lowest BCUT2D eigenvalue weighted by Gasteiger charge is -2.24. The molecule has 1 aromatic carbocycles. The summed E-state index contributed by atoms with van der Waals surface area (Å²) in [5.41, 5.74) is 2.28. The van der Waals surface area contributed by atoms with Crippen molar-refractivity contribution in [1.82, 2.24) is 9.55 Å². The topological polar surface area (TPSA) is 17.8 Å². The van der Waals surface area contributed by atoms with Crippen LogP contribution in [0.5, 0.6) is 0 Å². The number of hydrogen-bond acceptors (Lipinski definition) is 2. The van der Waals surface area contributed by atoms with Crippen LogP contribution in [0, 0.1) is 3.57 Å². The monoisotopic (exact) mass is 408 g/mol. The van der Waals surface area contributed by atoms with E-state index in [1.165, 1.54) is 9.09 Å². The molecule has 104 valence electrons. The van der Waals surface area contributed by atoms with E-state index in [1.54, 1.807) is 0 Å². The Balaban J connectivity index is 2.52. The molecule has 1 heterocycles. The zero-order valence-corrected chi connectivity index (χ0v) is 15.1. The lowest BCUT2D eigenvalue weighted by Crippen LogP contribution is -2.23. The van der Waals surface area contributed by atoms with Gasteiger partial charge in [0.1, 0.15) is 5.82 Å². The van der Waals surface area contributed by atoms with E-state index >= 15 is 0 Å². The molecule has 0 aliphatic heterocycles. The molecule has 0 unspecified atom stereocenters. The SMILES string of the molecule is CSC(C)(C)Cn1c(CCCl)nc2cc(I)ccc21. The summed E-state index contributed by atoms with van der Waals surface area (Å²) in [6.07, 6.45) is 2.97. The summed E-state index contributed by atoms with van der Waals surface area (Å²) in [7, 11) is 0. The van der Waals surface area contributed by atoms with Gasteiger partial charge >= 0.3 is 0 Å². The van der Waals surface area contributed by atoms with Crippen molar-refractivity contribution in [3.05, 3.63) is 27.6 Å². The Hall–Kier alpha value is 0.0600. The van der Waals surface area contributed by atoms with Crippen LogP contribution >= 0.6 is 46.0 Å². The van der Waals surface area contributed by atoms with Gasteiger partial charge in [-0.2, -0.15) is 11.8 Å². The number of benzene rings is 1. The van der Waals surface area contributed by atoms with Crippen LogP contribution in [0.2, 0.25) is 0 Å². The van der Waals surface area contributed by atoms with Crippen LogP contribution < -0.4 is 0 Å². The largest absolute Gasteiger partial charge is 0.327 e. The Morgan fingerprint density at radius 1 is 1.42 bits per heavy atom. The molecule has 2 nitrogen and oxygen atoms in total. The van der Waals surface area contributed by atoms with E-state index in [9.17, 15) is 0 Å². The third-order valence-corrected chi connectivity index (χ3v) is 5.29. The summed E-state index contributed by atoms with van der Waals surface area (Å²) < 4.78 is 3.73. The number of halogens is 2. The third kappa shape index (κ3) is 3.58. The number of aromatic nitrogens is 2. The normalized spacial score (nSPS) is 12.3. The van der Waals surface area contributed by atoms with Gasteiger partial charge in [0.15, 0.2) is 0 Å². The molecule has 0 bridgehead atoms. The number of thioether (sulfide) groups is 1. The van der Waals surface area contributed by atoms with Gasteiger partial charge in [-0.15, -0.1) is 11.6 Å². The highest BCUT2D eigenvalue weighted by Gasteiger charge is 2.20. The first-order valence-corrected chi connectivity index (χ1v) is 9.06. The summed E-state index contributed by atoms with van der Waals surface area (Å²) >= 11 is 10.1. The Labute approximate surface area is 137 Å². The van der Waals surface area contributed by atoms with Crippen molar-refractivity contribution in [2.24, 2.45) is 0 Å². The van der Waals surface area contributed by atoms with Crippen molar-refractivity contribution in [3.8, 4) is 0 Å². The Kier molecular flexibility index (Phi) is 5.06. The molecule has 19 heavy (non-hydrogen) atoms. The number of imidazole rings is 1. The van der Waals surface area contributed by atoms with Gasteiger partial charge in [-0.05, 0) is 60.9 Å². The second-order valence-corrected chi connectivity index (χ2v) is 8.29. The Morgan fingerprint density at radius 2 is 2.16 bits per heavy atom. The summed E-state index contributed by atoms with van der Waals surface area (Å²) in [6, 6.07) is 6.44. The van der Waals surface area contributed by atoms with Crippen molar-refractivity contribution in [1.29, 1.82) is 0 Å². The first-order chi connectivity index (χ1) is 8.96. The van der Waals surface area contributed by atoms with Gasteiger partial charge < -0.3 is 4.57 Å². The molecule has 0 radical (unpaired) electrons. The second kappa shape index (κ2) is 6.22. The maximum Gasteiger partial charge on any atom is 0.111 e. The van der Waals surface area contributed by atoms with E-state index in [0.29, 0.717) is 5.88 Å². The standard InChI is InChI=1S/C14H18ClIN2S/c1-14(2,19-3)9-18-12-5-4-10(16)8-11(12)17-13(18)6-7-15/h4-5,8H,6-7,9H2,1-3H3. The van der Waals surface area contributed by atoms with Gasteiger partial charge in [-0.25, -0.2) is 4.98 Å². The van der Waals surface area contributed by atoms with E-state index in [4.69, 9.17) is 16.6 Å². The Morgan fingerprint density at radius 3 is 2.79 bits per heavy atom. The molecule has 0 saturated carbocycles. The van der Waals surface area contributed by atoms with E-state index in [1.807, 2.05) is 11.8 Å². The fourth-order valence-corrected chi connectivity index (χ4v) is 2.95. The third-order valence-electron chi connectivity index (χ3n) is 3.20. The molecule has 5 heteroatoms. The highest BCUT2D eigenvalue weighted by atomic mass is 127. The minimum Gasteiger partial charge on any atom is -0.327 e. The first kappa shape index (κ1) is 15.4. The summed E-state index contributed by atoms with van der Waals surface area (Å²) in [5, 5.41) is 0. The van der Waals surface area contributed by atoms with Crippen molar-refractivity contribution in [2.45, 2.75) is 31.6 Å². The fourth-order valence-electron chi connectivity index (χ4n) is 2.05. The van der Waals surface area contributed by atoms with Crippen molar-refractivity contribution < 1.29 is 0 Å². The van der Waals surface area contributed by atoms with Crippen LogP contribution in [0.4, 0.5) is 0 Å². The van der Waals surface area contributed by atoms with Crippen LogP contribution in [-0.4, -0.2) is 26.4 Å². The van der Waals surface area contributed by atoms with Gasteiger partial charge in [0.2, 0.25) is 0 Å². The minimum atomic E-state index is 0.192. The molecule has 0 aliphatic carbocycles. The number of nitrogens with zero attached hydrogens (tertiary/aromatic N) is 2. The highest BCUT2D eigenvalue weighted by Crippen LogP contribution is 2.27. The minimum absolute atomic E-state index is 0.192. The predicted octanol–water partition coefficient (Wildman–Crippen LogP) is 4.56. The van der Waals surface area contributed by atoms with Crippen LogP contribution in [0.15, 0.2) is 18.2 Å². The molecule has 0 fully saturated rings. The molecule has 1 aromatic heterocycles. The lowest BCUT2D eigenvalue weighted by atomic mass is 10.2. The maximum absolute atomic E-state index is 5.91. The molecule has 2 aromatic rings. The van der Waals surface area contributed by atoms with E-state index in [2.05, 4.69) is 65.5 Å². The molecule has 0 amide bonds.